The summed E-state index contributed by atoms with van der Waals surface area (Å²) in [6, 6.07) is 7.29. The molecule has 2 rings (SSSR count). The Morgan fingerprint density at radius 3 is 2.72 bits per heavy atom. The molecule has 0 aliphatic heterocycles. The zero-order valence-corrected chi connectivity index (χ0v) is 12.4. The fraction of sp³-hybridized carbons (Fsp3) is 0.167. The lowest BCUT2D eigenvalue weighted by molar-refractivity contribution is 0.507. The molecule has 0 aliphatic rings. The van der Waals surface area contributed by atoms with Crippen molar-refractivity contribution in [1.29, 1.82) is 0 Å². The minimum Gasteiger partial charge on any atom is -0.457 e. The first-order valence-corrected chi connectivity index (χ1v) is 6.80. The molecule has 0 aliphatic carbocycles. The van der Waals surface area contributed by atoms with E-state index < -0.39 is 0 Å². The highest BCUT2D eigenvalue weighted by Gasteiger charge is 2.17. The number of nitrogens with two attached hydrogens (primary N) is 1. The molecule has 0 amide bonds. The summed E-state index contributed by atoms with van der Waals surface area (Å²) >= 11 is 15.5. The first-order chi connectivity index (χ1) is 8.63. The van der Waals surface area contributed by atoms with Crippen molar-refractivity contribution >= 4 is 39.1 Å². The van der Waals surface area contributed by atoms with E-state index >= 15 is 0 Å². The SMILES string of the molecule is NNC(Cc1cccc(Cl)c1Cl)c1ccoc1Br. The van der Waals surface area contributed by atoms with Gasteiger partial charge in [0.05, 0.1) is 22.4 Å². The summed E-state index contributed by atoms with van der Waals surface area (Å²) in [5.74, 6) is 5.58. The maximum atomic E-state index is 6.16. The second-order valence-electron chi connectivity index (χ2n) is 3.79. The molecule has 1 aromatic heterocycles. The summed E-state index contributed by atoms with van der Waals surface area (Å²) in [4.78, 5) is 0. The molecule has 1 atom stereocenters. The first-order valence-electron chi connectivity index (χ1n) is 5.25. The van der Waals surface area contributed by atoms with Crippen LogP contribution in [0.5, 0.6) is 0 Å². The molecule has 1 aromatic carbocycles. The molecule has 1 heterocycles. The molecule has 0 spiro atoms. The van der Waals surface area contributed by atoms with Crippen molar-refractivity contribution in [2.75, 3.05) is 0 Å². The average Bonchev–Trinajstić information content (AvgIpc) is 2.77. The molecular formula is C12H11BrCl2N2O. The Morgan fingerprint density at radius 2 is 2.11 bits per heavy atom. The van der Waals surface area contributed by atoms with E-state index in [0.29, 0.717) is 21.1 Å². The maximum absolute atomic E-state index is 6.16. The summed E-state index contributed by atoms with van der Waals surface area (Å²) < 4.78 is 5.86. The normalized spacial score (nSPS) is 12.7. The van der Waals surface area contributed by atoms with Crippen molar-refractivity contribution in [1.82, 2.24) is 5.43 Å². The van der Waals surface area contributed by atoms with Crippen LogP contribution in [-0.2, 0) is 6.42 Å². The average molecular weight is 350 g/mol. The fourth-order valence-electron chi connectivity index (χ4n) is 1.74. The highest BCUT2D eigenvalue weighted by molar-refractivity contribution is 9.10. The quantitative estimate of drug-likeness (QED) is 0.645. The highest BCUT2D eigenvalue weighted by atomic mass is 79.9. The van der Waals surface area contributed by atoms with Gasteiger partial charge in [-0.05, 0) is 40.0 Å². The number of rotatable bonds is 4. The van der Waals surface area contributed by atoms with Crippen molar-refractivity contribution in [3.8, 4) is 0 Å². The minimum atomic E-state index is -0.103. The van der Waals surface area contributed by atoms with Crippen LogP contribution in [-0.4, -0.2) is 0 Å². The van der Waals surface area contributed by atoms with Gasteiger partial charge in [-0.1, -0.05) is 35.3 Å². The molecule has 96 valence electrons. The Balaban J connectivity index is 2.26. The van der Waals surface area contributed by atoms with E-state index in [1.807, 2.05) is 18.2 Å². The van der Waals surface area contributed by atoms with Gasteiger partial charge in [-0.15, -0.1) is 0 Å². The molecule has 6 heteroatoms. The van der Waals surface area contributed by atoms with Gasteiger partial charge in [0.1, 0.15) is 0 Å². The summed E-state index contributed by atoms with van der Waals surface area (Å²) in [5, 5.41) is 1.09. The van der Waals surface area contributed by atoms with Crippen LogP contribution in [0.4, 0.5) is 0 Å². The highest BCUT2D eigenvalue weighted by Crippen LogP contribution is 2.31. The third-order valence-electron chi connectivity index (χ3n) is 2.68. The van der Waals surface area contributed by atoms with Gasteiger partial charge in [0.25, 0.3) is 0 Å². The van der Waals surface area contributed by atoms with Crippen LogP contribution in [0.25, 0.3) is 0 Å². The number of furan rings is 1. The predicted molar refractivity (Wildman–Crippen MR) is 76.6 cm³/mol. The van der Waals surface area contributed by atoms with Crippen LogP contribution in [0.1, 0.15) is 17.2 Å². The first kappa shape index (κ1) is 13.9. The van der Waals surface area contributed by atoms with Crippen molar-refractivity contribution in [2.45, 2.75) is 12.5 Å². The molecule has 0 radical (unpaired) electrons. The zero-order valence-electron chi connectivity index (χ0n) is 9.29. The van der Waals surface area contributed by atoms with Crippen molar-refractivity contribution in [2.24, 2.45) is 5.84 Å². The van der Waals surface area contributed by atoms with E-state index in [2.05, 4.69) is 21.4 Å². The van der Waals surface area contributed by atoms with Gasteiger partial charge in [0, 0.05) is 5.56 Å². The minimum absolute atomic E-state index is 0.103. The predicted octanol–water partition coefficient (Wildman–Crippen LogP) is 4.10. The lowest BCUT2D eigenvalue weighted by Gasteiger charge is -2.16. The Kier molecular flexibility index (Phi) is 4.70. The van der Waals surface area contributed by atoms with Gasteiger partial charge in [0.2, 0.25) is 0 Å². The van der Waals surface area contributed by atoms with E-state index in [0.717, 1.165) is 11.1 Å². The van der Waals surface area contributed by atoms with E-state index in [1.54, 1.807) is 12.3 Å². The number of halogens is 3. The Bertz CT molecular complexity index is 545. The molecule has 0 saturated heterocycles. The van der Waals surface area contributed by atoms with Crippen molar-refractivity contribution in [3.05, 3.63) is 56.4 Å². The molecule has 0 bridgehead atoms. The topological polar surface area (TPSA) is 51.2 Å². The number of hydrogen-bond acceptors (Lipinski definition) is 3. The van der Waals surface area contributed by atoms with Crippen LogP contribution < -0.4 is 11.3 Å². The number of benzene rings is 1. The van der Waals surface area contributed by atoms with Gasteiger partial charge >= 0.3 is 0 Å². The van der Waals surface area contributed by atoms with E-state index in [9.17, 15) is 0 Å². The molecule has 0 fully saturated rings. The molecule has 18 heavy (non-hydrogen) atoms. The monoisotopic (exact) mass is 348 g/mol. The lowest BCUT2D eigenvalue weighted by Crippen LogP contribution is -2.29. The zero-order chi connectivity index (χ0) is 13.1. The Labute approximate surface area is 123 Å². The third-order valence-corrected chi connectivity index (χ3v) is 4.18. The second-order valence-corrected chi connectivity index (χ2v) is 5.29. The van der Waals surface area contributed by atoms with Gasteiger partial charge in [0.15, 0.2) is 4.67 Å². The van der Waals surface area contributed by atoms with E-state index in [-0.39, 0.29) is 6.04 Å². The maximum Gasteiger partial charge on any atom is 0.173 e. The molecule has 3 N–H and O–H groups in total. The lowest BCUT2D eigenvalue weighted by atomic mass is 10.0. The van der Waals surface area contributed by atoms with E-state index in [1.165, 1.54) is 0 Å². The standard InChI is InChI=1S/C12H11BrCl2N2O/c13-12-8(4-5-18-12)10(17-16)6-7-2-1-3-9(14)11(7)15/h1-5,10,17H,6,16H2. The van der Waals surface area contributed by atoms with Crippen LogP contribution >= 0.6 is 39.1 Å². The molecule has 3 nitrogen and oxygen atoms in total. The molecule has 1 unspecified atom stereocenters. The summed E-state index contributed by atoms with van der Waals surface area (Å²) in [5.41, 5.74) is 4.62. The largest absolute Gasteiger partial charge is 0.457 e. The van der Waals surface area contributed by atoms with Gasteiger partial charge in [-0.3, -0.25) is 11.3 Å². The fourth-order valence-corrected chi connectivity index (χ4v) is 2.65. The summed E-state index contributed by atoms with van der Waals surface area (Å²) in [6.07, 6.45) is 2.22. The molecule has 0 saturated carbocycles. The Hall–Kier alpha value is -0.520. The van der Waals surface area contributed by atoms with Gasteiger partial charge in [-0.2, -0.15) is 0 Å². The van der Waals surface area contributed by atoms with Crippen LogP contribution in [0, 0.1) is 0 Å². The van der Waals surface area contributed by atoms with E-state index in [4.69, 9.17) is 33.5 Å². The number of hydrazine groups is 1. The van der Waals surface area contributed by atoms with Crippen LogP contribution in [0.15, 0.2) is 39.6 Å². The van der Waals surface area contributed by atoms with Crippen LogP contribution in [0.3, 0.4) is 0 Å². The van der Waals surface area contributed by atoms with Crippen molar-refractivity contribution in [3.63, 3.8) is 0 Å². The molecule has 2 aromatic rings. The van der Waals surface area contributed by atoms with Gasteiger partial charge < -0.3 is 4.42 Å². The third kappa shape index (κ3) is 2.90. The summed E-state index contributed by atoms with van der Waals surface area (Å²) in [7, 11) is 0. The number of nitrogens with one attached hydrogen (secondary N) is 1. The summed E-state index contributed by atoms with van der Waals surface area (Å²) in [6.45, 7) is 0. The van der Waals surface area contributed by atoms with Crippen LogP contribution in [0.2, 0.25) is 10.0 Å². The van der Waals surface area contributed by atoms with Gasteiger partial charge in [-0.25, -0.2) is 0 Å². The smallest absolute Gasteiger partial charge is 0.173 e. The second kappa shape index (κ2) is 6.08. The molecular weight excluding hydrogens is 339 g/mol. The van der Waals surface area contributed by atoms with Crippen molar-refractivity contribution < 1.29 is 4.42 Å². The number of hydrogen-bond donors (Lipinski definition) is 2. The Morgan fingerprint density at radius 1 is 1.33 bits per heavy atom.